The van der Waals surface area contributed by atoms with Gasteiger partial charge in [-0.3, -0.25) is 0 Å². The van der Waals surface area contributed by atoms with Gasteiger partial charge in [-0.15, -0.1) is 0 Å². The predicted octanol–water partition coefficient (Wildman–Crippen LogP) is 4.67. The number of amides is 1. The van der Waals surface area contributed by atoms with E-state index in [0.717, 1.165) is 13.0 Å². The van der Waals surface area contributed by atoms with E-state index in [-0.39, 0.29) is 6.09 Å². The summed E-state index contributed by atoms with van der Waals surface area (Å²) < 4.78 is 5.32. The number of benzene rings is 1. The van der Waals surface area contributed by atoms with E-state index in [9.17, 15) is 4.79 Å². The Kier molecular flexibility index (Phi) is 4.93. The maximum atomic E-state index is 12.4. The third kappa shape index (κ3) is 3.11. The maximum Gasteiger partial charge on any atom is 0.410 e. The Hall–Kier alpha value is -1.51. The van der Waals surface area contributed by atoms with E-state index in [1.54, 1.807) is 5.56 Å². The molecule has 3 rings (SSSR count). The van der Waals surface area contributed by atoms with Crippen molar-refractivity contribution in [2.45, 2.75) is 64.8 Å². The van der Waals surface area contributed by atoms with Crippen LogP contribution < -0.4 is 0 Å². The summed E-state index contributed by atoms with van der Waals surface area (Å²) in [5.41, 5.74) is 4.33. The molecule has 0 N–H and O–H groups in total. The van der Waals surface area contributed by atoms with Gasteiger partial charge in [-0.1, -0.05) is 36.6 Å². The third-order valence-electron chi connectivity index (χ3n) is 5.69. The molecule has 0 aliphatic heterocycles. The molecule has 1 saturated carbocycles. The summed E-state index contributed by atoms with van der Waals surface area (Å²) in [4.78, 5) is 14.4. The molecule has 1 aromatic carbocycles. The fraction of sp³-hybridized carbons (Fsp3) is 0.650. The second-order valence-electron chi connectivity index (χ2n) is 7.01. The number of carbonyl (C=O) groups excluding carboxylic acids is 1. The Balaban J connectivity index is 1.95. The molecule has 3 atom stereocenters. The van der Waals surface area contributed by atoms with Crippen LogP contribution in [0.4, 0.5) is 4.79 Å². The smallest absolute Gasteiger partial charge is 0.410 e. The highest BCUT2D eigenvalue weighted by atomic mass is 16.6. The molecule has 1 amide bonds. The van der Waals surface area contributed by atoms with Crippen LogP contribution in [0.1, 0.15) is 62.1 Å². The van der Waals surface area contributed by atoms with Crippen molar-refractivity contribution in [1.82, 2.24) is 4.90 Å². The van der Waals surface area contributed by atoms with Crippen LogP contribution in [0.5, 0.6) is 0 Å². The van der Waals surface area contributed by atoms with E-state index in [1.165, 1.54) is 36.8 Å². The van der Waals surface area contributed by atoms with Crippen LogP contribution in [0.3, 0.4) is 0 Å². The van der Waals surface area contributed by atoms with Crippen molar-refractivity contribution in [2.24, 2.45) is 5.92 Å². The summed E-state index contributed by atoms with van der Waals surface area (Å²) in [5, 5.41) is 0. The van der Waals surface area contributed by atoms with Gasteiger partial charge in [0.25, 0.3) is 0 Å². The van der Waals surface area contributed by atoms with Gasteiger partial charge in [-0.2, -0.15) is 0 Å². The monoisotopic (exact) mass is 315 g/mol. The van der Waals surface area contributed by atoms with Crippen LogP contribution >= 0.6 is 0 Å². The van der Waals surface area contributed by atoms with Gasteiger partial charge in [0.15, 0.2) is 0 Å². The third-order valence-corrected chi connectivity index (χ3v) is 5.69. The average Bonchev–Trinajstić information content (AvgIpc) is 2.56. The summed E-state index contributed by atoms with van der Waals surface area (Å²) in [6, 6.07) is 7.16. The van der Waals surface area contributed by atoms with Gasteiger partial charge in [0.2, 0.25) is 0 Å². The number of aryl methyl sites for hydroxylation is 1. The highest BCUT2D eigenvalue weighted by Gasteiger charge is 2.41. The first kappa shape index (κ1) is 16.4. The Morgan fingerprint density at radius 1 is 1.26 bits per heavy atom. The van der Waals surface area contributed by atoms with Crippen molar-refractivity contribution >= 4 is 6.09 Å². The zero-order valence-electron chi connectivity index (χ0n) is 14.7. The van der Waals surface area contributed by atoms with Crippen molar-refractivity contribution in [3.8, 4) is 0 Å². The van der Waals surface area contributed by atoms with E-state index < -0.39 is 0 Å². The van der Waals surface area contributed by atoms with Crippen LogP contribution in [0.25, 0.3) is 0 Å². The van der Waals surface area contributed by atoms with Crippen LogP contribution in [0, 0.1) is 12.8 Å². The predicted molar refractivity (Wildman–Crippen MR) is 92.8 cm³/mol. The second kappa shape index (κ2) is 6.94. The molecular weight excluding hydrogens is 286 g/mol. The van der Waals surface area contributed by atoms with E-state index in [2.05, 4.69) is 32.0 Å². The number of hydrogen-bond acceptors (Lipinski definition) is 2. The topological polar surface area (TPSA) is 29.5 Å². The van der Waals surface area contributed by atoms with Crippen molar-refractivity contribution in [3.05, 3.63) is 34.9 Å². The molecular formula is C20H29NO2. The minimum absolute atomic E-state index is 0.139. The lowest BCUT2D eigenvalue weighted by molar-refractivity contribution is 0.0611. The number of ether oxygens (including phenoxy) is 1. The normalized spacial score (nSPS) is 26.1. The van der Waals surface area contributed by atoms with Crippen molar-refractivity contribution in [1.29, 1.82) is 0 Å². The molecule has 0 radical (unpaired) electrons. The van der Waals surface area contributed by atoms with E-state index in [4.69, 9.17) is 4.74 Å². The summed E-state index contributed by atoms with van der Waals surface area (Å²) in [7, 11) is 0. The first-order valence-corrected chi connectivity index (χ1v) is 9.18. The van der Waals surface area contributed by atoms with Crippen molar-refractivity contribution < 1.29 is 9.53 Å². The molecule has 1 unspecified atom stereocenters. The molecule has 0 saturated heterocycles. The van der Waals surface area contributed by atoms with Crippen LogP contribution in [-0.4, -0.2) is 30.2 Å². The number of hydrogen-bond donors (Lipinski definition) is 0. The highest BCUT2D eigenvalue weighted by molar-refractivity contribution is 5.68. The average molecular weight is 315 g/mol. The Morgan fingerprint density at radius 2 is 2.04 bits per heavy atom. The van der Waals surface area contributed by atoms with E-state index in [1.807, 2.05) is 11.8 Å². The second-order valence-corrected chi connectivity index (χ2v) is 7.01. The fourth-order valence-corrected chi connectivity index (χ4v) is 4.68. The van der Waals surface area contributed by atoms with Gasteiger partial charge in [-0.25, -0.2) is 4.79 Å². The number of likely N-dealkylation sites (N-methyl/N-ethyl adjacent to an activating group) is 1. The molecule has 2 aliphatic rings. The summed E-state index contributed by atoms with van der Waals surface area (Å²) in [6.45, 7) is 7.31. The molecule has 3 heteroatoms. The zero-order valence-corrected chi connectivity index (χ0v) is 14.7. The van der Waals surface area contributed by atoms with Gasteiger partial charge in [0.1, 0.15) is 0 Å². The largest absolute Gasteiger partial charge is 0.450 e. The van der Waals surface area contributed by atoms with E-state index >= 15 is 0 Å². The van der Waals surface area contributed by atoms with Crippen molar-refractivity contribution in [2.75, 3.05) is 13.2 Å². The minimum atomic E-state index is -0.139. The lowest BCUT2D eigenvalue weighted by atomic mass is 9.65. The molecule has 126 valence electrons. The van der Waals surface area contributed by atoms with E-state index in [0.29, 0.717) is 24.5 Å². The molecule has 1 fully saturated rings. The molecule has 0 bridgehead atoms. The Bertz CT molecular complexity index is 569. The quantitative estimate of drug-likeness (QED) is 0.811. The van der Waals surface area contributed by atoms with Crippen LogP contribution in [0.2, 0.25) is 0 Å². The summed E-state index contributed by atoms with van der Waals surface area (Å²) in [6.07, 6.45) is 5.94. The van der Waals surface area contributed by atoms with Gasteiger partial charge in [0, 0.05) is 12.6 Å². The van der Waals surface area contributed by atoms with Crippen LogP contribution in [0.15, 0.2) is 18.2 Å². The van der Waals surface area contributed by atoms with Gasteiger partial charge in [-0.05, 0) is 63.0 Å². The zero-order chi connectivity index (χ0) is 16.4. The van der Waals surface area contributed by atoms with Crippen molar-refractivity contribution in [3.63, 3.8) is 0 Å². The number of nitrogens with zero attached hydrogens (tertiary/aromatic N) is 1. The van der Waals surface area contributed by atoms with Gasteiger partial charge >= 0.3 is 6.09 Å². The molecule has 23 heavy (non-hydrogen) atoms. The molecule has 2 aliphatic carbocycles. The number of carbonyl (C=O) groups is 1. The maximum absolute atomic E-state index is 12.4. The van der Waals surface area contributed by atoms with Crippen LogP contribution in [-0.2, 0) is 11.2 Å². The van der Waals surface area contributed by atoms with Gasteiger partial charge in [0.05, 0.1) is 6.61 Å². The molecule has 0 heterocycles. The fourth-order valence-electron chi connectivity index (χ4n) is 4.68. The number of rotatable bonds is 3. The SMILES string of the molecule is CCOC(=O)N(CC)[C@H]1Cc2ccc(C)cc2C2CCCC[C@@H]21. The number of fused-ring (bicyclic) bond motifs is 3. The Morgan fingerprint density at radius 3 is 2.78 bits per heavy atom. The highest BCUT2D eigenvalue weighted by Crippen LogP contribution is 2.46. The first-order chi connectivity index (χ1) is 11.2. The molecule has 0 spiro atoms. The first-order valence-electron chi connectivity index (χ1n) is 9.18. The van der Waals surface area contributed by atoms with Gasteiger partial charge < -0.3 is 9.64 Å². The molecule has 1 aromatic rings. The minimum Gasteiger partial charge on any atom is -0.450 e. The molecule has 0 aromatic heterocycles. The lowest BCUT2D eigenvalue weighted by Gasteiger charge is -2.46. The molecule has 3 nitrogen and oxygen atoms in total. The summed E-state index contributed by atoms with van der Waals surface area (Å²) in [5.74, 6) is 1.20. The summed E-state index contributed by atoms with van der Waals surface area (Å²) >= 11 is 0. The Labute approximate surface area is 140 Å². The lowest BCUT2D eigenvalue weighted by Crippen LogP contribution is -2.50. The standard InChI is InChI=1S/C20H29NO2/c1-4-21(20(22)23-5-2)19-13-15-11-10-14(3)12-18(15)16-8-6-7-9-17(16)19/h10-12,16-17,19H,4-9,13H2,1-3H3/t16?,17-,19-/m0/s1.